The van der Waals surface area contributed by atoms with Crippen molar-refractivity contribution in [3.8, 4) is 5.75 Å². The first-order valence-electron chi connectivity index (χ1n) is 8.07. The molecule has 0 aliphatic carbocycles. The van der Waals surface area contributed by atoms with Crippen LogP contribution in [-0.4, -0.2) is 50.4 Å². The van der Waals surface area contributed by atoms with Crippen molar-refractivity contribution >= 4 is 21.4 Å². The molecule has 1 aliphatic rings. The van der Waals surface area contributed by atoms with E-state index in [0.717, 1.165) is 19.6 Å². The van der Waals surface area contributed by atoms with Gasteiger partial charge in [-0.1, -0.05) is 6.07 Å². The van der Waals surface area contributed by atoms with Crippen LogP contribution in [0.25, 0.3) is 0 Å². The van der Waals surface area contributed by atoms with Crippen LogP contribution in [0, 0.1) is 0 Å². The van der Waals surface area contributed by atoms with Gasteiger partial charge in [0.05, 0.1) is 11.5 Å². The highest BCUT2D eigenvalue weighted by Crippen LogP contribution is 2.21. The van der Waals surface area contributed by atoms with Gasteiger partial charge in [-0.3, -0.25) is 4.90 Å². The van der Waals surface area contributed by atoms with Crippen molar-refractivity contribution in [2.24, 2.45) is 0 Å². The first-order valence-corrected chi connectivity index (χ1v) is 10.4. The zero-order valence-electron chi connectivity index (χ0n) is 13.7. The SMILES string of the molecule is CCOc1ccc(S(=O)(=O)N2CCN(Cc3cccs3)CC2)cc1. The van der Waals surface area contributed by atoms with Crippen molar-refractivity contribution in [2.45, 2.75) is 18.4 Å². The molecule has 0 atom stereocenters. The van der Waals surface area contributed by atoms with Gasteiger partial charge in [-0.05, 0) is 42.6 Å². The Hall–Kier alpha value is -1.41. The number of nitrogens with zero attached hydrogens (tertiary/aromatic N) is 2. The molecule has 1 fully saturated rings. The molecule has 5 nitrogen and oxygen atoms in total. The maximum absolute atomic E-state index is 12.7. The van der Waals surface area contributed by atoms with Gasteiger partial charge in [-0.2, -0.15) is 4.31 Å². The Morgan fingerprint density at radius 2 is 1.79 bits per heavy atom. The summed E-state index contributed by atoms with van der Waals surface area (Å²) in [5.74, 6) is 0.692. The predicted octanol–water partition coefficient (Wildman–Crippen LogP) is 2.65. The predicted molar refractivity (Wildman–Crippen MR) is 96.0 cm³/mol. The van der Waals surface area contributed by atoms with E-state index in [4.69, 9.17) is 4.74 Å². The molecule has 0 amide bonds. The third kappa shape index (κ3) is 3.97. The number of sulfonamides is 1. The van der Waals surface area contributed by atoms with E-state index in [9.17, 15) is 8.42 Å². The Bertz CT molecular complexity index is 735. The molecule has 1 aliphatic heterocycles. The first-order chi connectivity index (χ1) is 11.6. The van der Waals surface area contributed by atoms with E-state index < -0.39 is 10.0 Å². The summed E-state index contributed by atoms with van der Waals surface area (Å²) < 4.78 is 32.4. The van der Waals surface area contributed by atoms with Crippen molar-refractivity contribution in [2.75, 3.05) is 32.8 Å². The van der Waals surface area contributed by atoms with Crippen LogP contribution in [0.3, 0.4) is 0 Å². The van der Waals surface area contributed by atoms with Crippen LogP contribution < -0.4 is 4.74 Å². The van der Waals surface area contributed by atoms with E-state index in [1.165, 1.54) is 4.88 Å². The fraction of sp³-hybridized carbons (Fsp3) is 0.412. The summed E-state index contributed by atoms with van der Waals surface area (Å²) in [6.45, 7) is 5.94. The molecule has 24 heavy (non-hydrogen) atoms. The monoisotopic (exact) mass is 366 g/mol. The van der Waals surface area contributed by atoms with Crippen molar-refractivity contribution in [3.63, 3.8) is 0 Å². The molecule has 0 unspecified atom stereocenters. The molecule has 0 spiro atoms. The summed E-state index contributed by atoms with van der Waals surface area (Å²) in [5.41, 5.74) is 0. The number of ether oxygens (including phenoxy) is 1. The fourth-order valence-electron chi connectivity index (χ4n) is 2.77. The molecule has 130 valence electrons. The zero-order chi connectivity index (χ0) is 17.0. The van der Waals surface area contributed by atoms with E-state index in [2.05, 4.69) is 16.3 Å². The van der Waals surface area contributed by atoms with Gasteiger partial charge in [0.15, 0.2) is 0 Å². The second kappa shape index (κ2) is 7.65. The van der Waals surface area contributed by atoms with E-state index in [-0.39, 0.29) is 0 Å². The van der Waals surface area contributed by atoms with E-state index in [1.54, 1.807) is 39.9 Å². The molecule has 7 heteroatoms. The van der Waals surface area contributed by atoms with Crippen LogP contribution >= 0.6 is 11.3 Å². The number of piperazine rings is 1. The van der Waals surface area contributed by atoms with Crippen molar-refractivity contribution in [3.05, 3.63) is 46.7 Å². The zero-order valence-corrected chi connectivity index (χ0v) is 15.4. The average molecular weight is 367 g/mol. The summed E-state index contributed by atoms with van der Waals surface area (Å²) in [7, 11) is -3.43. The molecular weight excluding hydrogens is 344 g/mol. The molecule has 1 aromatic carbocycles. The molecule has 0 radical (unpaired) electrons. The van der Waals surface area contributed by atoms with Gasteiger partial charge in [0, 0.05) is 37.6 Å². The Kier molecular flexibility index (Phi) is 5.55. The minimum atomic E-state index is -3.43. The lowest BCUT2D eigenvalue weighted by atomic mass is 10.3. The lowest BCUT2D eigenvalue weighted by molar-refractivity contribution is 0.183. The lowest BCUT2D eigenvalue weighted by Crippen LogP contribution is -2.48. The summed E-state index contributed by atoms with van der Waals surface area (Å²) in [4.78, 5) is 3.95. The van der Waals surface area contributed by atoms with Crippen molar-refractivity contribution in [1.82, 2.24) is 9.21 Å². The lowest BCUT2D eigenvalue weighted by Gasteiger charge is -2.33. The normalized spacial score (nSPS) is 17.0. The van der Waals surface area contributed by atoms with Gasteiger partial charge < -0.3 is 4.74 Å². The topological polar surface area (TPSA) is 49.9 Å². The number of hydrogen-bond donors (Lipinski definition) is 0. The summed E-state index contributed by atoms with van der Waals surface area (Å²) >= 11 is 1.74. The van der Waals surface area contributed by atoms with E-state index in [1.807, 2.05) is 13.0 Å². The number of hydrogen-bond acceptors (Lipinski definition) is 5. The number of benzene rings is 1. The van der Waals surface area contributed by atoms with Crippen molar-refractivity contribution in [1.29, 1.82) is 0 Å². The standard InChI is InChI=1S/C17H22N2O3S2/c1-2-22-15-5-7-17(8-6-15)24(20,21)19-11-9-18(10-12-19)14-16-4-3-13-23-16/h3-8,13H,2,9-12,14H2,1H3. The molecule has 0 N–H and O–H groups in total. The Balaban J connectivity index is 1.61. The highest BCUT2D eigenvalue weighted by molar-refractivity contribution is 7.89. The van der Waals surface area contributed by atoms with Crippen LogP contribution in [0.5, 0.6) is 5.75 Å². The summed E-state index contributed by atoms with van der Waals surface area (Å²) in [6, 6.07) is 10.8. The quantitative estimate of drug-likeness (QED) is 0.789. The van der Waals surface area contributed by atoms with Crippen molar-refractivity contribution < 1.29 is 13.2 Å². The maximum Gasteiger partial charge on any atom is 0.243 e. The van der Waals surface area contributed by atoms with E-state index in [0.29, 0.717) is 30.3 Å². The van der Waals surface area contributed by atoms with Crippen LogP contribution in [0.4, 0.5) is 0 Å². The molecule has 0 saturated carbocycles. The van der Waals surface area contributed by atoms with Gasteiger partial charge in [0.1, 0.15) is 5.75 Å². The molecule has 1 aromatic heterocycles. The number of rotatable bonds is 6. The van der Waals surface area contributed by atoms with Crippen LogP contribution in [0.2, 0.25) is 0 Å². The fourth-order valence-corrected chi connectivity index (χ4v) is 4.94. The minimum absolute atomic E-state index is 0.331. The van der Waals surface area contributed by atoms with Gasteiger partial charge >= 0.3 is 0 Å². The minimum Gasteiger partial charge on any atom is -0.494 e. The molecule has 1 saturated heterocycles. The van der Waals surface area contributed by atoms with Crippen LogP contribution in [-0.2, 0) is 16.6 Å². The first kappa shape index (κ1) is 17.4. The van der Waals surface area contributed by atoms with E-state index >= 15 is 0 Å². The number of thiophene rings is 1. The Labute approximate surface area is 147 Å². The van der Waals surface area contributed by atoms with Crippen LogP contribution in [0.1, 0.15) is 11.8 Å². The molecule has 0 bridgehead atoms. The second-order valence-electron chi connectivity index (χ2n) is 5.66. The second-order valence-corrected chi connectivity index (χ2v) is 8.63. The smallest absolute Gasteiger partial charge is 0.243 e. The van der Waals surface area contributed by atoms with Gasteiger partial charge in [-0.15, -0.1) is 11.3 Å². The van der Waals surface area contributed by atoms with Gasteiger partial charge in [-0.25, -0.2) is 8.42 Å². The van der Waals surface area contributed by atoms with Gasteiger partial charge in [0.25, 0.3) is 0 Å². The van der Waals surface area contributed by atoms with Gasteiger partial charge in [0.2, 0.25) is 10.0 Å². The molecule has 2 aromatic rings. The molecular formula is C17H22N2O3S2. The largest absolute Gasteiger partial charge is 0.494 e. The highest BCUT2D eigenvalue weighted by Gasteiger charge is 2.28. The maximum atomic E-state index is 12.7. The summed E-state index contributed by atoms with van der Waals surface area (Å²) in [6.07, 6.45) is 0. The Morgan fingerprint density at radius 3 is 2.38 bits per heavy atom. The molecule has 3 rings (SSSR count). The average Bonchev–Trinajstić information content (AvgIpc) is 3.09. The van der Waals surface area contributed by atoms with Crippen LogP contribution in [0.15, 0.2) is 46.7 Å². The highest BCUT2D eigenvalue weighted by atomic mass is 32.2. The third-order valence-electron chi connectivity index (χ3n) is 4.06. The summed E-state index contributed by atoms with van der Waals surface area (Å²) in [5, 5.41) is 2.07. The third-order valence-corrected chi connectivity index (χ3v) is 6.84. The Morgan fingerprint density at radius 1 is 1.08 bits per heavy atom. The molecule has 2 heterocycles.